The highest BCUT2D eigenvalue weighted by Crippen LogP contribution is 2.53. The van der Waals surface area contributed by atoms with Crippen molar-refractivity contribution in [2.75, 3.05) is 7.11 Å². The van der Waals surface area contributed by atoms with Crippen LogP contribution in [0.1, 0.15) is 70.3 Å². The van der Waals surface area contributed by atoms with E-state index in [4.69, 9.17) is 9.47 Å². The largest absolute Gasteiger partial charge is 0.485 e. The second-order valence-electron chi connectivity index (χ2n) is 11.4. The van der Waals surface area contributed by atoms with Gasteiger partial charge in [-0.2, -0.15) is 0 Å². The third-order valence-corrected chi connectivity index (χ3v) is 8.25. The Balaban J connectivity index is 1.96. The number of carbonyl (C=O) groups excluding carboxylic acids is 1. The molecule has 0 radical (unpaired) electrons. The molecule has 0 aliphatic carbocycles. The van der Waals surface area contributed by atoms with E-state index in [1.807, 2.05) is 43.3 Å². The van der Waals surface area contributed by atoms with Crippen LogP contribution in [0.25, 0.3) is 0 Å². The minimum atomic E-state index is -1.06. The van der Waals surface area contributed by atoms with E-state index in [0.717, 1.165) is 17.5 Å². The molecule has 0 aromatic heterocycles. The van der Waals surface area contributed by atoms with Gasteiger partial charge in [-0.05, 0) is 36.8 Å². The lowest BCUT2D eigenvalue weighted by atomic mass is 9.58. The lowest BCUT2D eigenvalue weighted by molar-refractivity contribution is -0.152. The number of carboxylic acids is 1. The lowest BCUT2D eigenvalue weighted by Gasteiger charge is -2.53. The molecule has 2 aliphatic rings. The predicted octanol–water partition coefficient (Wildman–Crippen LogP) is 5.64. The molecule has 4 rings (SSSR count). The summed E-state index contributed by atoms with van der Waals surface area (Å²) in [5, 5.41) is 13.8. The van der Waals surface area contributed by atoms with Gasteiger partial charge in [0.05, 0.1) is 24.1 Å². The van der Waals surface area contributed by atoms with E-state index in [1.54, 1.807) is 6.92 Å². The Morgan fingerprint density at radius 2 is 1.78 bits per heavy atom. The minimum Gasteiger partial charge on any atom is -0.485 e. The van der Waals surface area contributed by atoms with Crippen LogP contribution in [-0.2, 0) is 20.7 Å². The summed E-state index contributed by atoms with van der Waals surface area (Å²) in [6.07, 6.45) is 0.614. The Hall–Kier alpha value is -3.28. The number of fused-ring (bicyclic) bond motifs is 1. The maximum Gasteiger partial charge on any atom is 0.333 e. The topological polar surface area (TPSA) is 84.9 Å². The zero-order valence-corrected chi connectivity index (χ0v) is 22.2. The van der Waals surface area contributed by atoms with Gasteiger partial charge in [0.25, 0.3) is 0 Å². The maximum absolute atomic E-state index is 13.5. The van der Waals surface area contributed by atoms with Crippen LogP contribution < -0.4 is 10.1 Å². The van der Waals surface area contributed by atoms with E-state index >= 15 is 0 Å². The number of nitrogens with one attached hydrogen (secondary N) is 1. The van der Waals surface area contributed by atoms with Crippen molar-refractivity contribution >= 4 is 11.9 Å². The van der Waals surface area contributed by atoms with Crippen LogP contribution in [-0.4, -0.2) is 29.7 Å². The Kier molecular flexibility index (Phi) is 6.67. The molecule has 0 spiro atoms. The summed E-state index contributed by atoms with van der Waals surface area (Å²) in [6, 6.07) is 16.0. The second kappa shape index (κ2) is 9.30. The van der Waals surface area contributed by atoms with E-state index in [1.165, 1.54) is 7.11 Å². The average Bonchev–Trinajstić information content (AvgIpc) is 2.81. The number of ether oxygens (including phenoxy) is 2. The monoisotopic (exact) mass is 491 g/mol. The summed E-state index contributed by atoms with van der Waals surface area (Å²) >= 11 is 0. The van der Waals surface area contributed by atoms with Crippen LogP contribution in [0, 0.1) is 17.3 Å². The van der Waals surface area contributed by atoms with Crippen molar-refractivity contribution in [1.29, 1.82) is 0 Å². The summed E-state index contributed by atoms with van der Waals surface area (Å²) in [6.45, 7) is 12.1. The Morgan fingerprint density at radius 1 is 1.11 bits per heavy atom. The van der Waals surface area contributed by atoms with Crippen LogP contribution in [0.3, 0.4) is 0 Å². The zero-order chi connectivity index (χ0) is 26.4. The van der Waals surface area contributed by atoms with Gasteiger partial charge in [0.15, 0.2) is 0 Å². The van der Waals surface area contributed by atoms with E-state index in [-0.39, 0.29) is 17.6 Å². The molecule has 0 bridgehead atoms. The smallest absolute Gasteiger partial charge is 0.333 e. The van der Waals surface area contributed by atoms with Gasteiger partial charge >= 0.3 is 11.9 Å². The number of carboxylic acid groups (broad SMARTS) is 1. The normalized spacial score (nSPS) is 28.0. The van der Waals surface area contributed by atoms with Gasteiger partial charge < -0.3 is 19.9 Å². The highest BCUT2D eigenvalue weighted by Gasteiger charge is 2.57. The third kappa shape index (κ3) is 4.16. The summed E-state index contributed by atoms with van der Waals surface area (Å²) < 4.78 is 12.0. The first kappa shape index (κ1) is 25.8. The van der Waals surface area contributed by atoms with E-state index in [0.29, 0.717) is 17.0 Å². The molecule has 0 fully saturated rings. The molecule has 0 saturated heterocycles. The molecule has 5 unspecified atom stereocenters. The number of aliphatic carboxylic acids is 1. The molecule has 192 valence electrons. The molecule has 2 aromatic rings. The van der Waals surface area contributed by atoms with Crippen LogP contribution in [0.5, 0.6) is 5.75 Å². The van der Waals surface area contributed by atoms with Crippen LogP contribution >= 0.6 is 0 Å². The van der Waals surface area contributed by atoms with Crippen molar-refractivity contribution < 1.29 is 24.2 Å². The molecule has 6 heteroatoms. The number of para-hydroxylation sites is 1. The summed E-state index contributed by atoms with van der Waals surface area (Å²) in [5.41, 5.74) is 2.35. The predicted molar refractivity (Wildman–Crippen MR) is 139 cm³/mol. The number of carbonyl (C=O) groups is 2. The quantitative estimate of drug-likeness (QED) is 0.539. The first-order chi connectivity index (χ1) is 16.9. The molecule has 36 heavy (non-hydrogen) atoms. The molecule has 2 heterocycles. The zero-order valence-electron chi connectivity index (χ0n) is 22.2. The highest BCUT2D eigenvalue weighted by atomic mass is 16.5. The van der Waals surface area contributed by atoms with E-state index in [2.05, 4.69) is 45.1 Å². The summed E-state index contributed by atoms with van der Waals surface area (Å²) in [5.74, 6) is -2.14. The van der Waals surface area contributed by atoms with Gasteiger partial charge in [-0.15, -0.1) is 0 Å². The SMILES string of the molecule is COC(=O)C1C(c2cccc3c2OC(c2ccccc2)C(C)C3)C(C(=O)O)=C(C)NC1(C)C(C)(C)C. The van der Waals surface area contributed by atoms with Crippen molar-refractivity contribution in [3.8, 4) is 5.75 Å². The molecule has 2 aromatic carbocycles. The Morgan fingerprint density at radius 3 is 2.36 bits per heavy atom. The molecule has 2 aliphatic heterocycles. The van der Waals surface area contributed by atoms with E-state index < -0.39 is 34.7 Å². The van der Waals surface area contributed by atoms with Gasteiger partial charge in [0.1, 0.15) is 11.9 Å². The van der Waals surface area contributed by atoms with Crippen LogP contribution in [0.15, 0.2) is 59.8 Å². The number of hydrogen-bond acceptors (Lipinski definition) is 5. The maximum atomic E-state index is 13.5. The minimum absolute atomic E-state index is 0.166. The molecular formula is C30H37NO5. The standard InChI is InChI=1S/C30H37NO5/c1-17-16-20-14-11-15-21(26(20)36-25(17)19-12-9-8-10-13-19)23-22(27(32)33)18(2)31-30(6,29(3,4)5)24(23)28(34)35-7/h8-15,17,23-25,31H,16H2,1-7H3,(H,32,33). The molecule has 6 nitrogen and oxygen atoms in total. The Bertz CT molecular complexity index is 1200. The average molecular weight is 492 g/mol. The number of hydrogen-bond donors (Lipinski definition) is 2. The number of benzene rings is 2. The first-order valence-electron chi connectivity index (χ1n) is 12.5. The van der Waals surface area contributed by atoms with Crippen molar-refractivity contribution in [3.05, 3.63) is 76.5 Å². The van der Waals surface area contributed by atoms with Gasteiger partial charge in [-0.3, -0.25) is 4.79 Å². The second-order valence-corrected chi connectivity index (χ2v) is 11.4. The Labute approximate surface area is 213 Å². The molecular weight excluding hydrogens is 454 g/mol. The molecule has 0 amide bonds. The van der Waals surface area contributed by atoms with E-state index in [9.17, 15) is 14.7 Å². The van der Waals surface area contributed by atoms with Crippen molar-refractivity contribution in [2.24, 2.45) is 17.3 Å². The number of esters is 1. The van der Waals surface area contributed by atoms with Crippen molar-refractivity contribution in [3.63, 3.8) is 0 Å². The number of rotatable bonds is 4. The van der Waals surface area contributed by atoms with Crippen molar-refractivity contribution in [1.82, 2.24) is 5.32 Å². The number of allylic oxidation sites excluding steroid dienone is 1. The van der Waals surface area contributed by atoms with Gasteiger partial charge in [0, 0.05) is 23.1 Å². The molecule has 5 atom stereocenters. The van der Waals surface area contributed by atoms with Gasteiger partial charge in [-0.1, -0.05) is 76.2 Å². The van der Waals surface area contributed by atoms with Gasteiger partial charge in [-0.25, -0.2) is 4.79 Å². The number of methoxy groups -OCH3 is 1. The summed E-state index contributed by atoms with van der Waals surface area (Å²) in [7, 11) is 1.36. The lowest BCUT2D eigenvalue weighted by Crippen LogP contribution is -2.64. The molecule has 0 saturated carbocycles. The highest BCUT2D eigenvalue weighted by molar-refractivity contribution is 5.92. The summed E-state index contributed by atoms with van der Waals surface area (Å²) in [4.78, 5) is 26.2. The fourth-order valence-electron chi connectivity index (χ4n) is 5.94. The molecule has 2 N–H and O–H groups in total. The van der Waals surface area contributed by atoms with Gasteiger partial charge in [0.2, 0.25) is 0 Å². The fourth-order valence-corrected chi connectivity index (χ4v) is 5.94. The van der Waals surface area contributed by atoms with Crippen molar-refractivity contribution in [2.45, 2.75) is 65.5 Å². The van der Waals surface area contributed by atoms with Crippen LogP contribution in [0.2, 0.25) is 0 Å². The fraction of sp³-hybridized carbons (Fsp3) is 0.467. The van der Waals surface area contributed by atoms with Crippen LogP contribution in [0.4, 0.5) is 0 Å². The first-order valence-corrected chi connectivity index (χ1v) is 12.5. The third-order valence-electron chi connectivity index (χ3n) is 8.25.